The maximum absolute atomic E-state index is 12.2. The average Bonchev–Trinajstić information content (AvgIpc) is 2.96. The lowest BCUT2D eigenvalue weighted by atomic mass is 10.1. The van der Waals surface area contributed by atoms with Gasteiger partial charge in [-0.3, -0.25) is 9.59 Å². The zero-order valence-corrected chi connectivity index (χ0v) is 9.96. The molecule has 3 aliphatic rings. The van der Waals surface area contributed by atoms with Crippen LogP contribution in [0.4, 0.5) is 0 Å². The minimum atomic E-state index is -0.216. The van der Waals surface area contributed by atoms with Crippen LogP contribution in [0.2, 0.25) is 0 Å². The number of piperazine rings is 1. The first kappa shape index (κ1) is 10.4. The summed E-state index contributed by atoms with van der Waals surface area (Å²) < 4.78 is 0. The Hall–Kier alpha value is -0.710. The number of carbonyl (C=O) groups is 2. The van der Waals surface area contributed by atoms with Gasteiger partial charge in [-0.15, -0.1) is 0 Å². The van der Waals surface area contributed by atoms with E-state index in [0.29, 0.717) is 12.0 Å². The van der Waals surface area contributed by atoms with Crippen LogP contribution in [0.25, 0.3) is 0 Å². The van der Waals surface area contributed by atoms with Crippen molar-refractivity contribution in [2.24, 2.45) is 5.92 Å². The smallest absolute Gasteiger partial charge is 0.246 e. The molecule has 1 aliphatic carbocycles. The van der Waals surface area contributed by atoms with E-state index < -0.39 is 0 Å². The third-order valence-electron chi connectivity index (χ3n) is 3.62. The Balaban J connectivity index is 1.75. The van der Waals surface area contributed by atoms with E-state index in [9.17, 15) is 9.59 Å². The summed E-state index contributed by atoms with van der Waals surface area (Å²) in [5.74, 6) is 2.71. The molecule has 0 bridgehead atoms. The van der Waals surface area contributed by atoms with Gasteiger partial charge in [0, 0.05) is 11.8 Å². The minimum absolute atomic E-state index is 0.0217. The third kappa shape index (κ3) is 1.81. The summed E-state index contributed by atoms with van der Waals surface area (Å²) in [5.41, 5.74) is 0. The first-order chi connectivity index (χ1) is 7.75. The van der Waals surface area contributed by atoms with Crippen LogP contribution in [0.1, 0.15) is 19.3 Å². The first-order valence-corrected chi connectivity index (χ1v) is 7.09. The van der Waals surface area contributed by atoms with Crippen LogP contribution in [0, 0.1) is 5.92 Å². The van der Waals surface area contributed by atoms with Crippen LogP contribution in [-0.4, -0.2) is 46.8 Å². The van der Waals surface area contributed by atoms with Crippen molar-refractivity contribution in [1.29, 1.82) is 0 Å². The van der Waals surface area contributed by atoms with Gasteiger partial charge >= 0.3 is 0 Å². The maximum Gasteiger partial charge on any atom is 0.246 e. The highest BCUT2D eigenvalue weighted by Crippen LogP contribution is 2.35. The quantitative estimate of drug-likeness (QED) is 0.751. The van der Waals surface area contributed by atoms with Gasteiger partial charge in [-0.25, -0.2) is 0 Å². The van der Waals surface area contributed by atoms with E-state index in [1.54, 1.807) is 0 Å². The summed E-state index contributed by atoms with van der Waals surface area (Å²) in [6.45, 7) is 0.271. The minimum Gasteiger partial charge on any atom is -0.342 e. The number of thioether (sulfide) groups is 1. The molecule has 4 nitrogen and oxygen atoms in total. The summed E-state index contributed by atoms with van der Waals surface area (Å²) in [6.07, 6.45) is 3.22. The van der Waals surface area contributed by atoms with E-state index >= 15 is 0 Å². The Morgan fingerprint density at radius 2 is 2.06 bits per heavy atom. The Morgan fingerprint density at radius 3 is 2.69 bits per heavy atom. The number of rotatable bonds is 2. The molecule has 0 spiro atoms. The molecule has 1 saturated carbocycles. The van der Waals surface area contributed by atoms with Crippen molar-refractivity contribution in [1.82, 2.24) is 10.2 Å². The zero-order chi connectivity index (χ0) is 11.1. The molecule has 88 valence electrons. The standard InChI is InChI=1S/C11H16N2O2S/c14-9-5-13(8-3-4-16-6-8)11(15)10(12-9)7-1-2-7/h7-8,10H,1-6H2,(H,12,14). The molecule has 16 heavy (non-hydrogen) atoms. The van der Waals surface area contributed by atoms with Gasteiger partial charge in [0.1, 0.15) is 6.04 Å². The zero-order valence-electron chi connectivity index (χ0n) is 9.15. The van der Waals surface area contributed by atoms with Crippen molar-refractivity contribution >= 4 is 23.6 Å². The summed E-state index contributed by atoms with van der Waals surface area (Å²) in [4.78, 5) is 25.7. The fraction of sp³-hybridized carbons (Fsp3) is 0.818. The maximum atomic E-state index is 12.2. The highest BCUT2D eigenvalue weighted by atomic mass is 32.2. The molecule has 2 unspecified atom stereocenters. The average molecular weight is 240 g/mol. The van der Waals surface area contributed by atoms with Crippen molar-refractivity contribution in [2.75, 3.05) is 18.1 Å². The number of nitrogens with one attached hydrogen (secondary N) is 1. The molecule has 2 amide bonds. The van der Waals surface area contributed by atoms with Crippen LogP contribution in [0.3, 0.4) is 0 Å². The van der Waals surface area contributed by atoms with Gasteiger partial charge in [-0.2, -0.15) is 11.8 Å². The number of amides is 2. The number of hydrogen-bond acceptors (Lipinski definition) is 3. The molecule has 5 heteroatoms. The topological polar surface area (TPSA) is 49.4 Å². The molecule has 0 aromatic carbocycles. The number of nitrogens with zero attached hydrogens (tertiary/aromatic N) is 1. The van der Waals surface area contributed by atoms with Gasteiger partial charge < -0.3 is 10.2 Å². The monoisotopic (exact) mass is 240 g/mol. The Labute approximate surface area is 99.1 Å². The second kappa shape index (κ2) is 3.95. The molecule has 0 aromatic heterocycles. The van der Waals surface area contributed by atoms with Crippen LogP contribution in [0.15, 0.2) is 0 Å². The second-order valence-electron chi connectivity index (χ2n) is 4.87. The van der Waals surface area contributed by atoms with Gasteiger partial charge in [0.05, 0.1) is 6.54 Å². The summed E-state index contributed by atoms with van der Waals surface area (Å²) >= 11 is 1.88. The predicted molar refractivity (Wildman–Crippen MR) is 62.1 cm³/mol. The highest BCUT2D eigenvalue weighted by Gasteiger charge is 2.44. The third-order valence-corrected chi connectivity index (χ3v) is 4.76. The van der Waals surface area contributed by atoms with Crippen LogP contribution >= 0.6 is 11.8 Å². The molecule has 3 rings (SSSR count). The van der Waals surface area contributed by atoms with E-state index in [-0.39, 0.29) is 24.4 Å². The Kier molecular flexibility index (Phi) is 2.58. The lowest BCUT2D eigenvalue weighted by molar-refractivity contribution is -0.146. The highest BCUT2D eigenvalue weighted by molar-refractivity contribution is 7.99. The molecule has 2 aliphatic heterocycles. The Bertz CT molecular complexity index is 324. The van der Waals surface area contributed by atoms with Crippen molar-refractivity contribution in [2.45, 2.75) is 31.3 Å². The SMILES string of the molecule is O=C1CN(C2CCSC2)C(=O)C(C2CC2)N1. The van der Waals surface area contributed by atoms with Crippen LogP contribution < -0.4 is 5.32 Å². The molecule has 3 fully saturated rings. The lowest BCUT2D eigenvalue weighted by Crippen LogP contribution is -2.61. The molecule has 0 aromatic rings. The fourth-order valence-electron chi connectivity index (χ4n) is 2.52. The molecule has 2 saturated heterocycles. The molecule has 2 heterocycles. The van der Waals surface area contributed by atoms with Gasteiger partial charge in [0.2, 0.25) is 11.8 Å². The van der Waals surface area contributed by atoms with Gasteiger partial charge in [-0.1, -0.05) is 0 Å². The Morgan fingerprint density at radius 1 is 1.25 bits per heavy atom. The van der Waals surface area contributed by atoms with E-state index in [2.05, 4.69) is 5.32 Å². The van der Waals surface area contributed by atoms with Crippen molar-refractivity contribution < 1.29 is 9.59 Å². The first-order valence-electron chi connectivity index (χ1n) is 5.93. The summed E-state index contributed by atoms with van der Waals surface area (Å²) in [5, 5.41) is 2.84. The summed E-state index contributed by atoms with van der Waals surface area (Å²) in [7, 11) is 0. The number of hydrogen-bond donors (Lipinski definition) is 1. The van der Waals surface area contributed by atoms with Crippen LogP contribution in [0.5, 0.6) is 0 Å². The fourth-order valence-corrected chi connectivity index (χ4v) is 3.74. The predicted octanol–water partition coefficient (Wildman–Crippen LogP) is 0.229. The largest absolute Gasteiger partial charge is 0.342 e. The van der Waals surface area contributed by atoms with Crippen molar-refractivity contribution in [3.8, 4) is 0 Å². The summed E-state index contributed by atoms with van der Waals surface area (Å²) in [6, 6.07) is 0.0802. The van der Waals surface area contributed by atoms with Gasteiger partial charge in [0.15, 0.2) is 0 Å². The molecule has 1 N–H and O–H groups in total. The lowest BCUT2D eigenvalue weighted by Gasteiger charge is -2.36. The normalized spacial score (nSPS) is 35.4. The van der Waals surface area contributed by atoms with Gasteiger partial charge in [-0.05, 0) is 30.9 Å². The molecule has 0 radical (unpaired) electrons. The van der Waals surface area contributed by atoms with E-state index in [1.165, 1.54) is 0 Å². The van der Waals surface area contributed by atoms with E-state index in [0.717, 1.165) is 30.8 Å². The van der Waals surface area contributed by atoms with Gasteiger partial charge in [0.25, 0.3) is 0 Å². The number of carbonyl (C=O) groups excluding carboxylic acids is 2. The van der Waals surface area contributed by atoms with Crippen molar-refractivity contribution in [3.63, 3.8) is 0 Å². The van der Waals surface area contributed by atoms with E-state index in [1.807, 2.05) is 16.7 Å². The molecular weight excluding hydrogens is 224 g/mol. The van der Waals surface area contributed by atoms with Crippen LogP contribution in [-0.2, 0) is 9.59 Å². The second-order valence-corrected chi connectivity index (χ2v) is 6.02. The van der Waals surface area contributed by atoms with Crippen molar-refractivity contribution in [3.05, 3.63) is 0 Å². The molecular formula is C11H16N2O2S. The molecule has 2 atom stereocenters. The van der Waals surface area contributed by atoms with E-state index in [4.69, 9.17) is 0 Å².